The van der Waals surface area contributed by atoms with Gasteiger partial charge in [0.25, 0.3) is 0 Å². The standard InChI is InChI=1S/C24H29N3O3/c1-27(16-13-20-9-11-22(29-2)23(17-20)30-3)15-4-14-26-24(28)12-10-19-5-7-21(18-25)8-6-19/h5-12,17H,4,13-16H2,1-3H3,(H,26,28). The van der Waals surface area contributed by atoms with Gasteiger partial charge in [-0.25, -0.2) is 0 Å². The van der Waals surface area contributed by atoms with Crippen molar-refractivity contribution >= 4 is 12.0 Å². The van der Waals surface area contributed by atoms with Gasteiger partial charge < -0.3 is 19.7 Å². The molecule has 2 aromatic rings. The van der Waals surface area contributed by atoms with Crippen LogP contribution >= 0.6 is 0 Å². The fourth-order valence-electron chi connectivity index (χ4n) is 2.93. The molecular weight excluding hydrogens is 378 g/mol. The van der Waals surface area contributed by atoms with Crippen molar-refractivity contribution in [1.82, 2.24) is 10.2 Å². The minimum Gasteiger partial charge on any atom is -0.493 e. The van der Waals surface area contributed by atoms with E-state index in [1.807, 2.05) is 24.3 Å². The van der Waals surface area contributed by atoms with Crippen LogP contribution in [0.2, 0.25) is 0 Å². The molecule has 0 aliphatic heterocycles. The molecule has 158 valence electrons. The Morgan fingerprint density at radius 2 is 1.83 bits per heavy atom. The highest BCUT2D eigenvalue weighted by atomic mass is 16.5. The van der Waals surface area contributed by atoms with Gasteiger partial charge >= 0.3 is 0 Å². The minimum atomic E-state index is -0.118. The third-order valence-corrected chi connectivity index (χ3v) is 4.71. The van der Waals surface area contributed by atoms with E-state index >= 15 is 0 Å². The van der Waals surface area contributed by atoms with Crippen LogP contribution in [0, 0.1) is 11.3 Å². The second-order valence-corrected chi connectivity index (χ2v) is 6.95. The molecule has 0 spiro atoms. The Morgan fingerprint density at radius 3 is 2.50 bits per heavy atom. The number of methoxy groups -OCH3 is 2. The number of nitriles is 1. The van der Waals surface area contributed by atoms with Gasteiger partial charge in [-0.1, -0.05) is 18.2 Å². The zero-order valence-electron chi connectivity index (χ0n) is 17.9. The molecule has 0 fully saturated rings. The van der Waals surface area contributed by atoms with E-state index in [0.29, 0.717) is 12.1 Å². The fraction of sp³-hybridized carbons (Fsp3) is 0.333. The van der Waals surface area contributed by atoms with E-state index in [0.717, 1.165) is 43.0 Å². The lowest BCUT2D eigenvalue weighted by molar-refractivity contribution is -0.116. The SMILES string of the molecule is COc1ccc(CCN(C)CCCNC(=O)C=Cc2ccc(C#N)cc2)cc1OC. The van der Waals surface area contributed by atoms with Gasteiger partial charge in [0.05, 0.1) is 25.9 Å². The molecule has 0 saturated heterocycles. The van der Waals surface area contributed by atoms with Crippen molar-refractivity contribution in [2.24, 2.45) is 0 Å². The Kier molecular flexibility index (Phi) is 9.43. The monoisotopic (exact) mass is 407 g/mol. The number of hydrogen-bond acceptors (Lipinski definition) is 5. The largest absolute Gasteiger partial charge is 0.493 e. The van der Waals surface area contributed by atoms with Crippen LogP contribution in [0.1, 0.15) is 23.1 Å². The molecule has 0 unspecified atom stereocenters. The Balaban J connectivity index is 1.65. The molecule has 0 radical (unpaired) electrons. The lowest BCUT2D eigenvalue weighted by Crippen LogP contribution is -2.28. The number of likely N-dealkylation sites (N-methyl/N-ethyl adjacent to an activating group) is 1. The molecule has 0 atom stereocenters. The van der Waals surface area contributed by atoms with Crippen LogP contribution in [-0.4, -0.2) is 51.7 Å². The van der Waals surface area contributed by atoms with Gasteiger partial charge in [0.15, 0.2) is 11.5 Å². The zero-order chi connectivity index (χ0) is 21.8. The molecule has 6 nitrogen and oxygen atoms in total. The molecule has 2 aromatic carbocycles. The van der Waals surface area contributed by atoms with Gasteiger partial charge in [-0.15, -0.1) is 0 Å². The Bertz CT molecular complexity index is 886. The number of hydrogen-bond donors (Lipinski definition) is 1. The van der Waals surface area contributed by atoms with E-state index in [-0.39, 0.29) is 5.91 Å². The number of nitrogens with one attached hydrogen (secondary N) is 1. The maximum absolute atomic E-state index is 11.9. The van der Waals surface area contributed by atoms with Crippen LogP contribution in [0.5, 0.6) is 11.5 Å². The second kappa shape index (κ2) is 12.3. The number of benzene rings is 2. The first kappa shape index (κ1) is 23.0. The Morgan fingerprint density at radius 1 is 1.10 bits per heavy atom. The number of ether oxygens (including phenoxy) is 2. The number of carbonyl (C=O) groups is 1. The number of nitrogens with zero attached hydrogens (tertiary/aromatic N) is 2. The van der Waals surface area contributed by atoms with Crippen molar-refractivity contribution in [3.63, 3.8) is 0 Å². The van der Waals surface area contributed by atoms with Crippen LogP contribution in [-0.2, 0) is 11.2 Å². The summed E-state index contributed by atoms with van der Waals surface area (Å²) in [6.45, 7) is 2.44. The summed E-state index contributed by atoms with van der Waals surface area (Å²) in [5.74, 6) is 1.36. The summed E-state index contributed by atoms with van der Waals surface area (Å²) >= 11 is 0. The van der Waals surface area contributed by atoms with Crippen LogP contribution in [0.25, 0.3) is 6.08 Å². The van der Waals surface area contributed by atoms with Crippen LogP contribution < -0.4 is 14.8 Å². The lowest BCUT2D eigenvalue weighted by atomic mass is 10.1. The molecule has 0 aromatic heterocycles. The first-order chi connectivity index (χ1) is 14.5. The normalized spacial score (nSPS) is 10.8. The van der Waals surface area contributed by atoms with Gasteiger partial charge in [0.1, 0.15) is 0 Å². The lowest BCUT2D eigenvalue weighted by Gasteiger charge is -2.17. The first-order valence-electron chi connectivity index (χ1n) is 9.91. The quantitative estimate of drug-likeness (QED) is 0.457. The molecule has 0 aliphatic carbocycles. The van der Waals surface area contributed by atoms with Crippen molar-refractivity contribution in [2.75, 3.05) is 40.9 Å². The van der Waals surface area contributed by atoms with E-state index in [2.05, 4.69) is 29.4 Å². The average molecular weight is 408 g/mol. The van der Waals surface area contributed by atoms with Crippen molar-refractivity contribution in [2.45, 2.75) is 12.8 Å². The highest BCUT2D eigenvalue weighted by Gasteiger charge is 2.06. The third kappa shape index (κ3) is 7.61. The topological polar surface area (TPSA) is 74.6 Å². The highest BCUT2D eigenvalue weighted by molar-refractivity contribution is 5.91. The molecule has 1 N–H and O–H groups in total. The van der Waals surface area contributed by atoms with E-state index in [9.17, 15) is 4.79 Å². The van der Waals surface area contributed by atoms with Crippen LogP contribution in [0.3, 0.4) is 0 Å². The molecule has 0 bridgehead atoms. The first-order valence-corrected chi connectivity index (χ1v) is 9.91. The van der Waals surface area contributed by atoms with E-state index < -0.39 is 0 Å². The van der Waals surface area contributed by atoms with Crippen molar-refractivity contribution in [3.05, 3.63) is 65.2 Å². The Labute approximate surface area is 178 Å². The molecule has 2 rings (SSSR count). The molecule has 1 amide bonds. The van der Waals surface area contributed by atoms with Crippen LogP contribution in [0.15, 0.2) is 48.5 Å². The van der Waals surface area contributed by atoms with Crippen molar-refractivity contribution in [1.29, 1.82) is 5.26 Å². The highest BCUT2D eigenvalue weighted by Crippen LogP contribution is 2.27. The molecule has 6 heteroatoms. The van der Waals surface area contributed by atoms with Crippen molar-refractivity contribution in [3.8, 4) is 17.6 Å². The summed E-state index contributed by atoms with van der Waals surface area (Å²) in [7, 11) is 5.35. The molecule has 0 aliphatic rings. The number of amides is 1. The van der Waals surface area contributed by atoms with Crippen molar-refractivity contribution < 1.29 is 14.3 Å². The van der Waals surface area contributed by atoms with Gasteiger partial charge in [-0.05, 0) is 67.9 Å². The van der Waals surface area contributed by atoms with E-state index in [1.54, 1.807) is 32.4 Å². The summed E-state index contributed by atoms with van der Waals surface area (Å²) in [6, 6.07) is 15.1. The second-order valence-electron chi connectivity index (χ2n) is 6.95. The molecule has 0 saturated carbocycles. The van der Waals surface area contributed by atoms with Gasteiger partial charge in [0, 0.05) is 19.2 Å². The number of carbonyl (C=O) groups excluding carboxylic acids is 1. The molecule has 0 heterocycles. The maximum atomic E-state index is 11.9. The average Bonchev–Trinajstić information content (AvgIpc) is 2.79. The maximum Gasteiger partial charge on any atom is 0.243 e. The number of rotatable bonds is 11. The predicted octanol–water partition coefficient (Wildman–Crippen LogP) is 3.27. The summed E-state index contributed by atoms with van der Waals surface area (Å²) in [4.78, 5) is 14.2. The summed E-state index contributed by atoms with van der Waals surface area (Å²) < 4.78 is 10.6. The zero-order valence-corrected chi connectivity index (χ0v) is 17.9. The summed E-state index contributed by atoms with van der Waals surface area (Å²) in [5.41, 5.74) is 2.69. The Hall–Kier alpha value is -3.30. The molecular formula is C24H29N3O3. The third-order valence-electron chi connectivity index (χ3n) is 4.71. The van der Waals surface area contributed by atoms with Gasteiger partial charge in [-0.3, -0.25) is 4.79 Å². The molecule has 30 heavy (non-hydrogen) atoms. The smallest absolute Gasteiger partial charge is 0.243 e. The minimum absolute atomic E-state index is 0.118. The van der Waals surface area contributed by atoms with Crippen LogP contribution in [0.4, 0.5) is 0 Å². The fourth-order valence-corrected chi connectivity index (χ4v) is 2.93. The summed E-state index contributed by atoms with van der Waals surface area (Å²) in [5, 5.41) is 11.7. The van der Waals surface area contributed by atoms with Gasteiger partial charge in [0.2, 0.25) is 5.91 Å². The van der Waals surface area contributed by atoms with E-state index in [4.69, 9.17) is 14.7 Å². The predicted molar refractivity (Wildman–Crippen MR) is 119 cm³/mol. The van der Waals surface area contributed by atoms with E-state index in [1.165, 1.54) is 11.6 Å². The summed E-state index contributed by atoms with van der Waals surface area (Å²) in [6.07, 6.45) is 5.04. The van der Waals surface area contributed by atoms with Gasteiger partial charge in [-0.2, -0.15) is 5.26 Å².